The third-order valence-corrected chi connectivity index (χ3v) is 5.30. The number of methoxy groups -OCH3 is 1. The van der Waals surface area contributed by atoms with Crippen molar-refractivity contribution >= 4 is 5.82 Å². The Bertz CT molecular complexity index is 1160. The second-order valence-electron chi connectivity index (χ2n) is 7.12. The lowest BCUT2D eigenvalue weighted by Crippen LogP contribution is -2.31. The van der Waals surface area contributed by atoms with E-state index in [1.165, 1.54) is 12.1 Å². The molecule has 0 bridgehead atoms. The van der Waals surface area contributed by atoms with Crippen molar-refractivity contribution in [3.63, 3.8) is 0 Å². The van der Waals surface area contributed by atoms with E-state index in [0.29, 0.717) is 12.3 Å². The number of benzene rings is 2. The van der Waals surface area contributed by atoms with Crippen molar-refractivity contribution in [3.05, 3.63) is 77.7 Å². The minimum Gasteiger partial charge on any atom is -0.497 e. The summed E-state index contributed by atoms with van der Waals surface area (Å²) in [4.78, 5) is 2.15. The topological polar surface area (TPSA) is 64.3 Å². The molecule has 0 spiro atoms. The Morgan fingerprint density at radius 3 is 2.40 bits per heavy atom. The van der Waals surface area contributed by atoms with Crippen molar-refractivity contribution in [2.45, 2.75) is 13.0 Å². The van der Waals surface area contributed by atoms with Crippen molar-refractivity contribution in [1.82, 2.24) is 15.4 Å². The number of fused-ring (bicyclic) bond motifs is 1. The molecule has 5 rings (SSSR count). The van der Waals surface area contributed by atoms with Crippen molar-refractivity contribution in [3.8, 4) is 28.3 Å². The molecule has 150 valence electrons. The Hall–Kier alpha value is -3.74. The van der Waals surface area contributed by atoms with Crippen molar-refractivity contribution in [1.29, 1.82) is 0 Å². The van der Waals surface area contributed by atoms with E-state index >= 15 is 0 Å². The number of hydrogen-bond acceptors (Lipinski definition) is 6. The Morgan fingerprint density at radius 1 is 0.933 bits per heavy atom. The van der Waals surface area contributed by atoms with Crippen LogP contribution in [-0.4, -0.2) is 29.0 Å². The lowest BCUT2D eigenvalue weighted by Gasteiger charge is -2.27. The highest BCUT2D eigenvalue weighted by Crippen LogP contribution is 2.32. The molecule has 0 saturated carbocycles. The summed E-state index contributed by atoms with van der Waals surface area (Å²) in [7, 11) is 1.64. The van der Waals surface area contributed by atoms with Crippen LogP contribution >= 0.6 is 0 Å². The molecule has 1 aliphatic rings. The van der Waals surface area contributed by atoms with Gasteiger partial charge in [0.25, 0.3) is 0 Å². The molecule has 3 heterocycles. The molecule has 0 atom stereocenters. The van der Waals surface area contributed by atoms with Gasteiger partial charge in [-0.1, -0.05) is 5.16 Å². The van der Waals surface area contributed by atoms with E-state index < -0.39 is 0 Å². The highest BCUT2D eigenvalue weighted by atomic mass is 19.1. The normalized spacial score (nSPS) is 13.2. The number of ether oxygens (including phenoxy) is 1. The Kier molecular flexibility index (Phi) is 4.63. The SMILES string of the molecule is COc1ccc(-c2ccc(N3CCc4noc(-c5ccc(F)cc5)c4C3)nn2)cc1. The van der Waals surface area contributed by atoms with Crippen molar-refractivity contribution in [2.24, 2.45) is 0 Å². The van der Waals surface area contributed by atoms with Gasteiger partial charge in [-0.15, -0.1) is 10.2 Å². The van der Waals surface area contributed by atoms with Gasteiger partial charge in [-0.25, -0.2) is 4.39 Å². The maximum absolute atomic E-state index is 13.3. The Balaban J connectivity index is 1.38. The van der Waals surface area contributed by atoms with Gasteiger partial charge >= 0.3 is 0 Å². The highest BCUT2D eigenvalue weighted by molar-refractivity contribution is 5.64. The molecule has 6 nitrogen and oxygen atoms in total. The fourth-order valence-corrected chi connectivity index (χ4v) is 3.65. The zero-order chi connectivity index (χ0) is 20.5. The summed E-state index contributed by atoms with van der Waals surface area (Å²) in [6.45, 7) is 1.39. The van der Waals surface area contributed by atoms with E-state index in [2.05, 4.69) is 20.3 Å². The number of nitrogens with zero attached hydrogens (tertiary/aromatic N) is 4. The third-order valence-electron chi connectivity index (χ3n) is 5.30. The van der Waals surface area contributed by atoms with Crippen LogP contribution in [0.3, 0.4) is 0 Å². The fraction of sp³-hybridized carbons (Fsp3) is 0.174. The summed E-state index contributed by atoms with van der Waals surface area (Å²) in [5.41, 5.74) is 4.54. The van der Waals surface area contributed by atoms with Gasteiger partial charge < -0.3 is 14.2 Å². The molecule has 7 heteroatoms. The molecule has 0 radical (unpaired) electrons. The molecule has 1 aliphatic heterocycles. The monoisotopic (exact) mass is 402 g/mol. The van der Waals surface area contributed by atoms with E-state index in [0.717, 1.165) is 52.6 Å². The van der Waals surface area contributed by atoms with Gasteiger partial charge in [-0.05, 0) is 60.7 Å². The summed E-state index contributed by atoms with van der Waals surface area (Å²) in [6, 6.07) is 17.9. The van der Waals surface area contributed by atoms with Crippen molar-refractivity contribution < 1.29 is 13.7 Å². The summed E-state index contributed by atoms with van der Waals surface area (Å²) < 4.78 is 24.0. The molecular weight excluding hydrogens is 383 g/mol. The lowest BCUT2D eigenvalue weighted by atomic mass is 10.0. The van der Waals surface area contributed by atoms with Gasteiger partial charge in [-0.3, -0.25) is 0 Å². The van der Waals surface area contributed by atoms with Crippen LogP contribution in [-0.2, 0) is 13.0 Å². The number of hydrogen-bond donors (Lipinski definition) is 0. The van der Waals surface area contributed by atoms with Gasteiger partial charge in [0.15, 0.2) is 11.6 Å². The standard InChI is InChI=1S/C23H19FN4O2/c1-29-18-8-4-15(5-9-18)20-10-11-22(26-25-20)28-13-12-21-19(14-28)23(30-27-21)16-2-6-17(24)7-3-16/h2-11H,12-14H2,1H3. The minimum absolute atomic E-state index is 0.277. The summed E-state index contributed by atoms with van der Waals surface area (Å²) in [5.74, 6) is 2.00. The average molecular weight is 402 g/mol. The predicted molar refractivity (Wildman–Crippen MR) is 111 cm³/mol. The first-order valence-electron chi connectivity index (χ1n) is 9.68. The predicted octanol–water partition coefficient (Wildman–Crippen LogP) is 4.51. The zero-order valence-electron chi connectivity index (χ0n) is 16.4. The van der Waals surface area contributed by atoms with Crippen LogP contribution in [0.2, 0.25) is 0 Å². The van der Waals surface area contributed by atoms with Gasteiger partial charge in [0, 0.05) is 29.7 Å². The molecule has 0 aliphatic carbocycles. The van der Waals surface area contributed by atoms with E-state index in [1.54, 1.807) is 19.2 Å². The van der Waals surface area contributed by atoms with Crippen LogP contribution in [0.1, 0.15) is 11.3 Å². The van der Waals surface area contributed by atoms with E-state index in [-0.39, 0.29) is 5.82 Å². The highest BCUT2D eigenvalue weighted by Gasteiger charge is 2.25. The van der Waals surface area contributed by atoms with Gasteiger partial charge in [0.1, 0.15) is 11.6 Å². The number of halogens is 1. The van der Waals surface area contributed by atoms with E-state index in [4.69, 9.17) is 9.26 Å². The number of anilines is 1. The van der Waals surface area contributed by atoms with Crippen LogP contribution in [0.4, 0.5) is 10.2 Å². The first-order valence-corrected chi connectivity index (χ1v) is 9.68. The van der Waals surface area contributed by atoms with Crippen molar-refractivity contribution in [2.75, 3.05) is 18.6 Å². The molecule has 0 fully saturated rings. The lowest BCUT2D eigenvalue weighted by molar-refractivity contribution is 0.415. The smallest absolute Gasteiger partial charge is 0.172 e. The summed E-state index contributed by atoms with van der Waals surface area (Å²) in [6.07, 6.45) is 0.752. The summed E-state index contributed by atoms with van der Waals surface area (Å²) >= 11 is 0. The molecule has 2 aromatic carbocycles. The number of aromatic nitrogens is 3. The van der Waals surface area contributed by atoms with Gasteiger partial charge in [-0.2, -0.15) is 0 Å². The molecular formula is C23H19FN4O2. The molecule has 0 saturated heterocycles. The third kappa shape index (κ3) is 3.39. The largest absolute Gasteiger partial charge is 0.497 e. The second kappa shape index (κ2) is 7.59. The maximum Gasteiger partial charge on any atom is 0.172 e. The molecule has 4 aromatic rings. The van der Waals surface area contributed by atoms with Gasteiger partial charge in [0.2, 0.25) is 0 Å². The van der Waals surface area contributed by atoms with E-state index in [1.807, 2.05) is 36.4 Å². The first-order chi connectivity index (χ1) is 14.7. The second-order valence-corrected chi connectivity index (χ2v) is 7.12. The van der Waals surface area contributed by atoms with Crippen LogP contribution in [0, 0.1) is 5.82 Å². The molecule has 0 N–H and O–H groups in total. The zero-order valence-corrected chi connectivity index (χ0v) is 16.4. The van der Waals surface area contributed by atoms with E-state index in [9.17, 15) is 4.39 Å². The van der Waals surface area contributed by atoms with Crippen LogP contribution in [0.25, 0.3) is 22.6 Å². The molecule has 0 unspecified atom stereocenters. The Morgan fingerprint density at radius 2 is 1.70 bits per heavy atom. The Labute approximate surface area is 172 Å². The molecule has 30 heavy (non-hydrogen) atoms. The number of rotatable bonds is 4. The maximum atomic E-state index is 13.3. The van der Waals surface area contributed by atoms with Crippen LogP contribution in [0.15, 0.2) is 65.2 Å². The quantitative estimate of drug-likeness (QED) is 0.501. The van der Waals surface area contributed by atoms with Crippen LogP contribution in [0.5, 0.6) is 5.75 Å². The van der Waals surface area contributed by atoms with Gasteiger partial charge in [0.05, 0.1) is 25.0 Å². The first kappa shape index (κ1) is 18.3. The van der Waals surface area contributed by atoms with Crippen LogP contribution < -0.4 is 9.64 Å². The molecule has 0 amide bonds. The molecule has 2 aromatic heterocycles. The summed E-state index contributed by atoms with van der Waals surface area (Å²) in [5, 5.41) is 13.0. The fourth-order valence-electron chi connectivity index (χ4n) is 3.65. The average Bonchev–Trinajstić information content (AvgIpc) is 3.23. The minimum atomic E-state index is -0.277.